The number of rotatable bonds is 1. The van der Waals surface area contributed by atoms with Gasteiger partial charge < -0.3 is 4.74 Å². The van der Waals surface area contributed by atoms with Crippen LogP contribution >= 0.6 is 0 Å². The van der Waals surface area contributed by atoms with Crippen molar-refractivity contribution in [1.29, 1.82) is 0 Å². The molecular weight excluding hydrogens is 76.1 g/mol. The minimum Gasteiger partial charge on any atom is -0.496 e. The second-order valence-electron chi connectivity index (χ2n) is 0.675. The summed E-state index contributed by atoms with van der Waals surface area (Å²) in [6.45, 7) is 3.25. The van der Waals surface area contributed by atoms with Crippen molar-refractivity contribution in [2.45, 2.75) is 0 Å². The molecule has 0 rings (SSSR count). The van der Waals surface area contributed by atoms with Crippen molar-refractivity contribution in [3.05, 3.63) is 24.3 Å². The van der Waals surface area contributed by atoms with Crippen molar-refractivity contribution in [1.82, 2.24) is 0 Å². The van der Waals surface area contributed by atoms with Gasteiger partial charge in [0.25, 0.3) is 0 Å². The average Bonchev–Trinajstić information content (AvgIpc) is 1.61. The third kappa shape index (κ3) is 3.10. The normalized spacial score (nSPS) is 4.83. The maximum Gasteiger partial charge on any atom is 0.133 e. The predicted octanol–water partition coefficient (Wildman–Crippen LogP) is 1.09. The zero-order chi connectivity index (χ0) is 4.83. The Bertz CT molecular complexity index is 92.5. The molecule has 0 aliphatic heterocycles. The van der Waals surface area contributed by atoms with Crippen LogP contribution in [0.2, 0.25) is 0 Å². The summed E-state index contributed by atoms with van der Waals surface area (Å²) >= 11 is 0. The molecule has 0 atom stereocenters. The third-order valence-electron chi connectivity index (χ3n) is 0.279. The van der Waals surface area contributed by atoms with E-state index < -0.39 is 0 Å². The molecule has 0 saturated heterocycles. The minimum atomic E-state index is 1.38. The van der Waals surface area contributed by atoms with Crippen LogP contribution in [0.4, 0.5) is 0 Å². The van der Waals surface area contributed by atoms with Crippen LogP contribution in [-0.2, 0) is 4.74 Å². The molecule has 0 fully saturated rings. The fourth-order valence-electron chi connectivity index (χ4n) is 0.101. The fraction of sp³-hybridized carbons (Fsp3) is 0.200. The molecule has 0 spiro atoms. The van der Waals surface area contributed by atoms with Gasteiger partial charge in [-0.15, -0.1) is 0 Å². The van der Waals surface area contributed by atoms with Gasteiger partial charge in [0.1, 0.15) is 6.26 Å². The quantitative estimate of drug-likeness (QED) is 0.340. The Labute approximate surface area is 37.2 Å². The minimum absolute atomic E-state index is 1.38. The molecule has 0 heterocycles. The molecule has 0 N–H and O–H groups in total. The summed E-state index contributed by atoms with van der Waals surface area (Å²) in [7, 11) is 1.55. The fourth-order valence-corrected chi connectivity index (χ4v) is 0.101. The first-order valence-corrected chi connectivity index (χ1v) is 1.54. The third-order valence-corrected chi connectivity index (χ3v) is 0.279. The van der Waals surface area contributed by atoms with Crippen LogP contribution in [0.3, 0.4) is 0 Å². The van der Waals surface area contributed by atoms with E-state index in [1.165, 1.54) is 6.26 Å². The molecule has 0 aromatic carbocycles. The van der Waals surface area contributed by atoms with E-state index >= 15 is 0 Å². The highest BCUT2D eigenvalue weighted by molar-refractivity contribution is 4.72. The van der Waals surface area contributed by atoms with Crippen molar-refractivity contribution < 1.29 is 4.74 Å². The Balaban J connectivity index is 3.47. The van der Waals surface area contributed by atoms with Crippen LogP contribution in [0.15, 0.2) is 24.3 Å². The molecule has 0 amide bonds. The van der Waals surface area contributed by atoms with E-state index in [-0.39, 0.29) is 0 Å². The lowest BCUT2D eigenvalue weighted by Crippen LogP contribution is -1.55. The summed E-state index contributed by atoms with van der Waals surface area (Å²) in [6, 6.07) is 0. The number of hydrogen-bond donors (Lipinski definition) is 0. The van der Waals surface area contributed by atoms with Gasteiger partial charge in [-0.25, -0.2) is 0 Å². The van der Waals surface area contributed by atoms with Crippen LogP contribution in [-0.4, -0.2) is 7.11 Å². The lowest BCUT2D eigenvalue weighted by atomic mass is 10.8. The molecule has 0 radical (unpaired) electrons. The van der Waals surface area contributed by atoms with Gasteiger partial charge in [-0.3, -0.25) is 0 Å². The number of hydrogen-bond acceptors (Lipinski definition) is 1. The lowest BCUT2D eigenvalue weighted by molar-refractivity contribution is 0.339. The van der Waals surface area contributed by atoms with E-state index in [1.807, 2.05) is 0 Å². The van der Waals surface area contributed by atoms with Crippen LogP contribution in [0.25, 0.3) is 0 Å². The van der Waals surface area contributed by atoms with Gasteiger partial charge in [0.15, 0.2) is 0 Å². The Morgan fingerprint density at radius 1 is 1.83 bits per heavy atom. The highest BCUT2D eigenvalue weighted by Crippen LogP contribution is 1.59. The van der Waals surface area contributed by atoms with Crippen molar-refractivity contribution in [3.63, 3.8) is 0 Å². The van der Waals surface area contributed by atoms with Crippen molar-refractivity contribution in [3.8, 4) is 0 Å². The van der Waals surface area contributed by atoms with Crippen LogP contribution in [0, 0.1) is 0 Å². The maximum atomic E-state index is 4.44. The summed E-state index contributed by atoms with van der Waals surface area (Å²) in [5.41, 5.74) is 4.88. The van der Waals surface area contributed by atoms with Crippen LogP contribution in [0.1, 0.15) is 0 Å². The number of ether oxygens (including phenoxy) is 1. The summed E-state index contributed by atoms with van der Waals surface area (Å²) in [4.78, 5) is 0. The number of methoxy groups -OCH3 is 1. The van der Waals surface area contributed by atoms with Crippen LogP contribution < -0.4 is 0 Å². The molecule has 1 nitrogen and oxygen atoms in total. The monoisotopic (exact) mass is 82.0 g/mol. The molecule has 0 saturated carbocycles. The van der Waals surface area contributed by atoms with E-state index in [9.17, 15) is 0 Å². The first-order chi connectivity index (χ1) is 2.91. The highest BCUT2D eigenvalue weighted by atomic mass is 16.5. The molecule has 6 heavy (non-hydrogen) atoms. The zero-order valence-electron chi connectivity index (χ0n) is 3.69. The SMILES string of the molecule is C=C=C=COC. The van der Waals surface area contributed by atoms with Crippen molar-refractivity contribution in [2.75, 3.05) is 7.11 Å². The zero-order valence-corrected chi connectivity index (χ0v) is 3.69. The molecule has 0 aliphatic carbocycles. The summed E-state index contributed by atoms with van der Waals surface area (Å²) in [6.07, 6.45) is 1.38. The van der Waals surface area contributed by atoms with E-state index in [0.717, 1.165) is 0 Å². The Morgan fingerprint density at radius 3 is 2.67 bits per heavy atom. The maximum absolute atomic E-state index is 4.44. The highest BCUT2D eigenvalue weighted by Gasteiger charge is 1.44. The lowest BCUT2D eigenvalue weighted by Gasteiger charge is -1.73. The first-order valence-electron chi connectivity index (χ1n) is 1.54. The summed E-state index contributed by atoms with van der Waals surface area (Å²) in [5.74, 6) is 0. The molecule has 0 aromatic heterocycles. The van der Waals surface area contributed by atoms with Gasteiger partial charge in [-0.1, -0.05) is 5.73 Å². The van der Waals surface area contributed by atoms with Gasteiger partial charge in [-0.2, -0.15) is 0 Å². The van der Waals surface area contributed by atoms with Gasteiger partial charge in [0, 0.05) is 0 Å². The van der Waals surface area contributed by atoms with Gasteiger partial charge in [0.05, 0.1) is 7.11 Å². The van der Waals surface area contributed by atoms with Crippen LogP contribution in [0.5, 0.6) is 0 Å². The molecule has 1 heteroatoms. The first kappa shape index (κ1) is 5.10. The average molecular weight is 82.1 g/mol. The van der Waals surface area contributed by atoms with E-state index in [0.29, 0.717) is 0 Å². The van der Waals surface area contributed by atoms with Gasteiger partial charge >= 0.3 is 0 Å². The summed E-state index contributed by atoms with van der Waals surface area (Å²) in [5, 5.41) is 0. The topological polar surface area (TPSA) is 9.23 Å². The second kappa shape index (κ2) is 4.10. The molecule has 0 aliphatic rings. The smallest absolute Gasteiger partial charge is 0.133 e. The molecule has 0 aromatic rings. The Morgan fingerprint density at radius 2 is 2.50 bits per heavy atom. The molecule has 0 unspecified atom stereocenters. The second-order valence-corrected chi connectivity index (χ2v) is 0.675. The van der Waals surface area contributed by atoms with E-state index in [4.69, 9.17) is 0 Å². The van der Waals surface area contributed by atoms with E-state index in [2.05, 4.69) is 22.8 Å². The largest absolute Gasteiger partial charge is 0.496 e. The molecular formula is C5H6O. The Kier molecular flexibility index (Phi) is 3.48. The van der Waals surface area contributed by atoms with Crippen molar-refractivity contribution >= 4 is 0 Å². The van der Waals surface area contributed by atoms with Gasteiger partial charge in [0.2, 0.25) is 0 Å². The standard InChI is InChI=1S/C5H6O/c1-3-4-5-6-2/h5H,1H2,2H3. The van der Waals surface area contributed by atoms with Gasteiger partial charge in [-0.05, 0) is 12.3 Å². The van der Waals surface area contributed by atoms with Crippen molar-refractivity contribution in [2.24, 2.45) is 0 Å². The molecule has 0 bridgehead atoms. The molecule has 32 valence electrons. The Hall–Kier alpha value is -0.900. The van der Waals surface area contributed by atoms with E-state index in [1.54, 1.807) is 7.11 Å². The summed E-state index contributed by atoms with van der Waals surface area (Å²) < 4.78 is 4.44. The predicted molar refractivity (Wildman–Crippen MR) is 24.2 cm³/mol.